The lowest BCUT2D eigenvalue weighted by Gasteiger charge is -2.26. The van der Waals surface area contributed by atoms with Gasteiger partial charge < -0.3 is 14.4 Å². The largest absolute Gasteiger partial charge is 0.497 e. The first-order valence-corrected chi connectivity index (χ1v) is 9.57. The van der Waals surface area contributed by atoms with Gasteiger partial charge in [-0.1, -0.05) is 25.6 Å². The van der Waals surface area contributed by atoms with Gasteiger partial charge in [-0.2, -0.15) is 5.26 Å². The SMILES string of the molecule is C=C(C#N)c1ccc(OC)cc1N(CC)Cc1ccc(NC(=O)OCCC)cc1. The normalized spacial score (nSPS) is 10.0. The molecule has 0 saturated carbocycles. The lowest BCUT2D eigenvalue weighted by molar-refractivity contribution is 0.161. The molecule has 0 bridgehead atoms. The van der Waals surface area contributed by atoms with E-state index in [1.165, 1.54) is 0 Å². The highest BCUT2D eigenvalue weighted by molar-refractivity contribution is 5.85. The number of carbonyl (C=O) groups is 1. The van der Waals surface area contributed by atoms with Crippen LogP contribution >= 0.6 is 0 Å². The number of ether oxygens (including phenoxy) is 2. The third-order valence-electron chi connectivity index (χ3n) is 4.40. The average Bonchev–Trinajstić information content (AvgIpc) is 2.76. The quantitative estimate of drug-likeness (QED) is 0.592. The zero-order valence-electron chi connectivity index (χ0n) is 17.2. The minimum atomic E-state index is -0.453. The fourth-order valence-corrected chi connectivity index (χ4v) is 2.85. The number of nitrogens with zero attached hydrogens (tertiary/aromatic N) is 2. The summed E-state index contributed by atoms with van der Waals surface area (Å²) in [4.78, 5) is 13.8. The summed E-state index contributed by atoms with van der Waals surface area (Å²) in [5, 5.41) is 12.0. The minimum absolute atomic E-state index is 0.395. The number of anilines is 2. The second kappa shape index (κ2) is 10.8. The third-order valence-corrected chi connectivity index (χ3v) is 4.40. The van der Waals surface area contributed by atoms with E-state index in [0.717, 1.165) is 35.5 Å². The van der Waals surface area contributed by atoms with Gasteiger partial charge in [0.05, 0.1) is 25.4 Å². The second-order valence-corrected chi connectivity index (χ2v) is 6.45. The molecule has 0 saturated heterocycles. The Morgan fingerprint density at radius 1 is 1.21 bits per heavy atom. The van der Waals surface area contributed by atoms with E-state index < -0.39 is 6.09 Å². The summed E-state index contributed by atoms with van der Waals surface area (Å²) in [6.45, 7) is 9.63. The van der Waals surface area contributed by atoms with Crippen LogP contribution in [0, 0.1) is 11.3 Å². The summed E-state index contributed by atoms with van der Waals surface area (Å²) < 4.78 is 10.4. The number of hydrogen-bond donors (Lipinski definition) is 1. The number of allylic oxidation sites excluding steroid dienone is 1. The Morgan fingerprint density at radius 3 is 2.52 bits per heavy atom. The fraction of sp³-hybridized carbons (Fsp3) is 0.304. The predicted molar refractivity (Wildman–Crippen MR) is 116 cm³/mol. The van der Waals surface area contributed by atoms with Gasteiger partial charge in [0.15, 0.2) is 0 Å². The molecule has 0 unspecified atom stereocenters. The van der Waals surface area contributed by atoms with E-state index in [9.17, 15) is 10.1 Å². The molecule has 0 radical (unpaired) electrons. The highest BCUT2D eigenvalue weighted by Crippen LogP contribution is 2.31. The highest BCUT2D eigenvalue weighted by Gasteiger charge is 2.14. The van der Waals surface area contributed by atoms with Crippen molar-refractivity contribution < 1.29 is 14.3 Å². The Bertz CT molecular complexity index is 885. The van der Waals surface area contributed by atoms with Crippen LogP contribution in [-0.2, 0) is 11.3 Å². The number of carbonyl (C=O) groups excluding carboxylic acids is 1. The third kappa shape index (κ3) is 6.01. The van der Waals surface area contributed by atoms with Crippen LogP contribution in [0.4, 0.5) is 16.2 Å². The molecule has 6 nitrogen and oxygen atoms in total. The van der Waals surface area contributed by atoms with E-state index in [-0.39, 0.29) is 0 Å². The maximum atomic E-state index is 11.7. The van der Waals surface area contributed by atoms with Gasteiger partial charge in [-0.3, -0.25) is 5.32 Å². The van der Waals surface area contributed by atoms with Crippen LogP contribution in [0.5, 0.6) is 5.75 Å². The molecule has 29 heavy (non-hydrogen) atoms. The average molecular weight is 393 g/mol. The van der Waals surface area contributed by atoms with Gasteiger partial charge in [-0.15, -0.1) is 0 Å². The van der Waals surface area contributed by atoms with E-state index in [0.29, 0.717) is 24.4 Å². The van der Waals surface area contributed by atoms with Crippen molar-refractivity contribution in [3.8, 4) is 11.8 Å². The van der Waals surface area contributed by atoms with Gasteiger partial charge in [-0.05, 0) is 43.2 Å². The molecule has 2 aromatic rings. The molecule has 0 aromatic heterocycles. The lowest BCUT2D eigenvalue weighted by Crippen LogP contribution is -2.23. The van der Waals surface area contributed by atoms with Crippen molar-refractivity contribution in [3.05, 3.63) is 60.2 Å². The van der Waals surface area contributed by atoms with Crippen molar-refractivity contribution in [2.24, 2.45) is 0 Å². The number of nitrogens with one attached hydrogen (secondary N) is 1. The summed E-state index contributed by atoms with van der Waals surface area (Å²) in [7, 11) is 1.62. The smallest absolute Gasteiger partial charge is 0.411 e. The monoisotopic (exact) mass is 393 g/mol. The molecule has 152 valence electrons. The molecule has 2 aromatic carbocycles. The Morgan fingerprint density at radius 2 is 1.93 bits per heavy atom. The van der Waals surface area contributed by atoms with E-state index in [2.05, 4.69) is 29.8 Å². The molecule has 0 spiro atoms. The molecular formula is C23H27N3O3. The molecule has 0 fully saturated rings. The number of rotatable bonds is 9. The zero-order valence-corrected chi connectivity index (χ0v) is 17.2. The van der Waals surface area contributed by atoms with Crippen LogP contribution in [0.15, 0.2) is 49.0 Å². The fourth-order valence-electron chi connectivity index (χ4n) is 2.85. The van der Waals surface area contributed by atoms with E-state index in [1.54, 1.807) is 7.11 Å². The molecule has 1 amide bonds. The molecule has 0 aliphatic heterocycles. The Balaban J connectivity index is 2.19. The van der Waals surface area contributed by atoms with Gasteiger partial charge in [0, 0.05) is 36.1 Å². The first-order valence-electron chi connectivity index (χ1n) is 9.57. The molecule has 0 atom stereocenters. The molecule has 1 N–H and O–H groups in total. The van der Waals surface area contributed by atoms with Gasteiger partial charge >= 0.3 is 6.09 Å². The summed E-state index contributed by atoms with van der Waals surface area (Å²) in [5.41, 5.74) is 3.83. The Hall–Kier alpha value is -3.46. The van der Waals surface area contributed by atoms with Crippen LogP contribution in [0.1, 0.15) is 31.4 Å². The van der Waals surface area contributed by atoms with Crippen molar-refractivity contribution in [3.63, 3.8) is 0 Å². The van der Waals surface area contributed by atoms with E-state index in [1.807, 2.05) is 49.4 Å². The van der Waals surface area contributed by atoms with Crippen molar-refractivity contribution in [1.82, 2.24) is 0 Å². The topological polar surface area (TPSA) is 74.6 Å². The standard InChI is InChI=1S/C23H27N3O3/c1-5-13-29-23(27)25-19-9-7-18(8-10-19)16-26(6-2)22-14-20(28-4)11-12-21(22)17(3)15-24/h7-12,14H,3,5-6,13,16H2,1-2,4H3,(H,25,27). The van der Waals surface area contributed by atoms with Crippen LogP contribution in [0.2, 0.25) is 0 Å². The Kier molecular flexibility index (Phi) is 8.11. The second-order valence-electron chi connectivity index (χ2n) is 6.45. The minimum Gasteiger partial charge on any atom is -0.497 e. The van der Waals surface area contributed by atoms with Crippen LogP contribution in [0.25, 0.3) is 5.57 Å². The number of benzene rings is 2. The van der Waals surface area contributed by atoms with Gasteiger partial charge in [0.25, 0.3) is 0 Å². The summed E-state index contributed by atoms with van der Waals surface area (Å²) in [6.07, 6.45) is 0.329. The number of amides is 1. The van der Waals surface area contributed by atoms with Crippen LogP contribution < -0.4 is 15.0 Å². The number of nitriles is 1. The van der Waals surface area contributed by atoms with Crippen LogP contribution in [-0.4, -0.2) is 26.4 Å². The summed E-state index contributed by atoms with van der Waals surface area (Å²) in [5.74, 6) is 0.720. The molecule has 6 heteroatoms. The first kappa shape index (κ1) is 21.8. The maximum absolute atomic E-state index is 11.7. The van der Waals surface area contributed by atoms with Crippen molar-refractivity contribution in [2.75, 3.05) is 30.5 Å². The molecular weight excluding hydrogens is 366 g/mol. The van der Waals surface area contributed by atoms with Gasteiger partial charge in [-0.25, -0.2) is 4.79 Å². The van der Waals surface area contributed by atoms with Crippen molar-refractivity contribution in [2.45, 2.75) is 26.8 Å². The molecule has 0 aliphatic rings. The van der Waals surface area contributed by atoms with E-state index in [4.69, 9.17) is 9.47 Å². The summed E-state index contributed by atoms with van der Waals surface area (Å²) >= 11 is 0. The zero-order chi connectivity index (χ0) is 21.2. The van der Waals surface area contributed by atoms with Crippen molar-refractivity contribution in [1.29, 1.82) is 5.26 Å². The number of methoxy groups -OCH3 is 1. The van der Waals surface area contributed by atoms with E-state index >= 15 is 0 Å². The molecule has 0 aliphatic carbocycles. The first-order chi connectivity index (χ1) is 14.0. The molecule has 0 heterocycles. The maximum Gasteiger partial charge on any atom is 0.411 e. The lowest BCUT2D eigenvalue weighted by atomic mass is 10.0. The highest BCUT2D eigenvalue weighted by atomic mass is 16.5. The Labute approximate surface area is 172 Å². The predicted octanol–water partition coefficient (Wildman–Crippen LogP) is 5.22. The van der Waals surface area contributed by atoms with Gasteiger partial charge in [0.2, 0.25) is 0 Å². The summed E-state index contributed by atoms with van der Waals surface area (Å²) in [6, 6.07) is 15.3. The van der Waals surface area contributed by atoms with Crippen molar-refractivity contribution >= 4 is 23.0 Å². The molecule has 2 rings (SSSR count). The van der Waals surface area contributed by atoms with Crippen LogP contribution in [0.3, 0.4) is 0 Å². The van der Waals surface area contributed by atoms with Gasteiger partial charge in [0.1, 0.15) is 5.75 Å². The number of hydrogen-bond acceptors (Lipinski definition) is 5.